The van der Waals surface area contributed by atoms with E-state index in [0.29, 0.717) is 24.2 Å². The fourth-order valence-corrected chi connectivity index (χ4v) is 2.63. The number of rotatable bonds is 3. The van der Waals surface area contributed by atoms with E-state index in [9.17, 15) is 14.0 Å². The molecule has 1 fully saturated rings. The lowest BCUT2D eigenvalue weighted by Crippen LogP contribution is -2.35. The molecule has 0 aliphatic carbocycles. The average Bonchev–Trinajstić information content (AvgIpc) is 2.56. The van der Waals surface area contributed by atoms with Gasteiger partial charge < -0.3 is 10.2 Å². The third-order valence-corrected chi connectivity index (χ3v) is 3.85. The van der Waals surface area contributed by atoms with Gasteiger partial charge in [-0.15, -0.1) is 0 Å². The highest BCUT2D eigenvalue weighted by molar-refractivity contribution is 6.04. The monoisotopic (exact) mass is 312 g/mol. The van der Waals surface area contributed by atoms with E-state index in [1.807, 2.05) is 6.07 Å². The van der Waals surface area contributed by atoms with Crippen LogP contribution in [0.3, 0.4) is 0 Å². The molecular formula is C18H17FN2O2. The molecule has 1 saturated heterocycles. The Kier molecular flexibility index (Phi) is 4.37. The Bertz CT molecular complexity index is 728. The number of nitrogens with zero attached hydrogens (tertiary/aromatic N) is 1. The predicted octanol–water partition coefficient (Wildman–Crippen LogP) is 3.59. The lowest BCUT2D eigenvalue weighted by molar-refractivity contribution is -0.119. The van der Waals surface area contributed by atoms with Crippen LogP contribution >= 0.6 is 0 Å². The van der Waals surface area contributed by atoms with Crippen LogP contribution in [0.1, 0.15) is 29.6 Å². The van der Waals surface area contributed by atoms with Crippen LogP contribution in [0.15, 0.2) is 48.5 Å². The van der Waals surface area contributed by atoms with Crippen LogP contribution in [0.4, 0.5) is 15.8 Å². The van der Waals surface area contributed by atoms with E-state index in [4.69, 9.17) is 0 Å². The molecule has 0 unspecified atom stereocenters. The number of carbonyl (C=O) groups is 2. The zero-order chi connectivity index (χ0) is 16.2. The topological polar surface area (TPSA) is 49.4 Å². The van der Waals surface area contributed by atoms with Crippen molar-refractivity contribution in [2.45, 2.75) is 19.3 Å². The summed E-state index contributed by atoms with van der Waals surface area (Å²) >= 11 is 0. The molecule has 1 N–H and O–H groups in total. The molecule has 118 valence electrons. The average molecular weight is 312 g/mol. The molecule has 0 saturated carbocycles. The van der Waals surface area contributed by atoms with Crippen LogP contribution in [0.5, 0.6) is 0 Å². The molecule has 1 aliphatic heterocycles. The van der Waals surface area contributed by atoms with Gasteiger partial charge in [0, 0.05) is 29.9 Å². The third kappa shape index (κ3) is 3.56. The highest BCUT2D eigenvalue weighted by Crippen LogP contribution is 2.24. The number of nitrogens with one attached hydrogen (secondary N) is 1. The largest absolute Gasteiger partial charge is 0.322 e. The Morgan fingerprint density at radius 3 is 2.61 bits per heavy atom. The number of halogens is 1. The van der Waals surface area contributed by atoms with Crippen molar-refractivity contribution in [1.82, 2.24) is 0 Å². The van der Waals surface area contributed by atoms with Gasteiger partial charge in [0.25, 0.3) is 5.91 Å². The maximum absolute atomic E-state index is 12.9. The molecule has 1 heterocycles. The van der Waals surface area contributed by atoms with Crippen molar-refractivity contribution < 1.29 is 14.0 Å². The molecule has 0 radical (unpaired) electrons. The fourth-order valence-electron chi connectivity index (χ4n) is 2.63. The summed E-state index contributed by atoms with van der Waals surface area (Å²) in [6.07, 6.45) is 2.47. The van der Waals surface area contributed by atoms with Gasteiger partial charge in [0.05, 0.1) is 0 Å². The molecule has 2 amide bonds. The molecule has 0 bridgehead atoms. The number of carbonyl (C=O) groups excluding carboxylic acids is 2. The summed E-state index contributed by atoms with van der Waals surface area (Å²) < 4.78 is 12.9. The first-order chi connectivity index (χ1) is 11.1. The highest BCUT2D eigenvalue weighted by atomic mass is 19.1. The summed E-state index contributed by atoms with van der Waals surface area (Å²) in [6, 6.07) is 12.6. The highest BCUT2D eigenvalue weighted by Gasteiger charge is 2.19. The van der Waals surface area contributed by atoms with Crippen molar-refractivity contribution in [3.05, 3.63) is 59.9 Å². The number of hydrogen-bond donors (Lipinski definition) is 1. The zero-order valence-corrected chi connectivity index (χ0v) is 12.6. The molecule has 0 aromatic heterocycles. The van der Waals surface area contributed by atoms with E-state index in [1.54, 1.807) is 23.1 Å². The van der Waals surface area contributed by atoms with Crippen molar-refractivity contribution in [2.75, 3.05) is 16.8 Å². The minimum Gasteiger partial charge on any atom is -0.322 e. The summed E-state index contributed by atoms with van der Waals surface area (Å²) in [5, 5.41) is 2.77. The summed E-state index contributed by atoms with van der Waals surface area (Å²) in [5.41, 5.74) is 1.77. The Morgan fingerprint density at radius 1 is 1.09 bits per heavy atom. The third-order valence-electron chi connectivity index (χ3n) is 3.85. The Hall–Kier alpha value is -2.69. The number of benzene rings is 2. The number of anilines is 2. The lowest BCUT2D eigenvalue weighted by Gasteiger charge is -2.27. The van der Waals surface area contributed by atoms with Gasteiger partial charge in [-0.3, -0.25) is 9.59 Å². The van der Waals surface area contributed by atoms with Crippen molar-refractivity contribution >= 4 is 23.2 Å². The molecule has 2 aromatic carbocycles. The number of piperidine rings is 1. The second-order valence-electron chi connectivity index (χ2n) is 5.51. The second-order valence-corrected chi connectivity index (χ2v) is 5.51. The van der Waals surface area contributed by atoms with Gasteiger partial charge >= 0.3 is 0 Å². The summed E-state index contributed by atoms with van der Waals surface area (Å²) in [5.74, 6) is -0.586. The number of hydrogen-bond acceptors (Lipinski definition) is 2. The molecule has 23 heavy (non-hydrogen) atoms. The minimum absolute atomic E-state index is 0.110. The van der Waals surface area contributed by atoms with Gasteiger partial charge in [-0.25, -0.2) is 4.39 Å². The van der Waals surface area contributed by atoms with Gasteiger partial charge in [0.15, 0.2) is 0 Å². The summed E-state index contributed by atoms with van der Waals surface area (Å²) in [6.45, 7) is 0.703. The van der Waals surface area contributed by atoms with Crippen molar-refractivity contribution in [1.29, 1.82) is 0 Å². The van der Waals surface area contributed by atoms with Crippen LogP contribution in [0, 0.1) is 5.82 Å². The van der Waals surface area contributed by atoms with Crippen LogP contribution in [0.2, 0.25) is 0 Å². The number of amides is 2. The first kappa shape index (κ1) is 15.2. The maximum atomic E-state index is 12.9. The van der Waals surface area contributed by atoms with E-state index >= 15 is 0 Å². The van der Waals surface area contributed by atoms with E-state index in [-0.39, 0.29) is 17.6 Å². The second kappa shape index (κ2) is 6.60. The molecule has 5 heteroatoms. The first-order valence-corrected chi connectivity index (χ1v) is 7.61. The Balaban J connectivity index is 1.76. The standard InChI is InChI=1S/C18H17FN2O2/c19-14-9-7-13(8-10-14)18(23)20-15-4-3-5-16(12-15)21-11-2-1-6-17(21)22/h3-5,7-10,12H,1-2,6,11H2,(H,20,23). The maximum Gasteiger partial charge on any atom is 0.255 e. The first-order valence-electron chi connectivity index (χ1n) is 7.61. The van der Waals surface area contributed by atoms with Gasteiger partial charge in [-0.05, 0) is 55.3 Å². The van der Waals surface area contributed by atoms with Gasteiger partial charge in [-0.1, -0.05) is 6.07 Å². The summed E-state index contributed by atoms with van der Waals surface area (Å²) in [4.78, 5) is 25.9. The van der Waals surface area contributed by atoms with Crippen molar-refractivity contribution in [2.24, 2.45) is 0 Å². The Labute approximate surface area is 133 Å². The Morgan fingerprint density at radius 2 is 1.87 bits per heavy atom. The zero-order valence-electron chi connectivity index (χ0n) is 12.6. The molecule has 1 aliphatic rings. The molecule has 3 rings (SSSR count). The van der Waals surface area contributed by atoms with E-state index in [1.165, 1.54) is 24.3 Å². The molecule has 4 nitrogen and oxygen atoms in total. The molecule has 2 aromatic rings. The lowest BCUT2D eigenvalue weighted by atomic mass is 10.1. The summed E-state index contributed by atoms with van der Waals surface area (Å²) in [7, 11) is 0. The molecular weight excluding hydrogens is 295 g/mol. The van der Waals surface area contributed by atoms with Crippen LogP contribution in [0.25, 0.3) is 0 Å². The fraction of sp³-hybridized carbons (Fsp3) is 0.222. The van der Waals surface area contributed by atoms with Crippen molar-refractivity contribution in [3.8, 4) is 0 Å². The van der Waals surface area contributed by atoms with Crippen molar-refractivity contribution in [3.63, 3.8) is 0 Å². The van der Waals surface area contributed by atoms with E-state index < -0.39 is 0 Å². The SMILES string of the molecule is O=C(Nc1cccc(N2CCCCC2=O)c1)c1ccc(F)cc1. The molecule has 0 spiro atoms. The predicted molar refractivity (Wildman–Crippen MR) is 87.0 cm³/mol. The van der Waals surface area contributed by atoms with Crippen LogP contribution < -0.4 is 10.2 Å². The van der Waals surface area contributed by atoms with E-state index in [2.05, 4.69) is 5.32 Å². The normalized spacial score (nSPS) is 14.7. The van der Waals surface area contributed by atoms with Crippen LogP contribution in [-0.4, -0.2) is 18.4 Å². The van der Waals surface area contributed by atoms with Gasteiger partial charge in [0.1, 0.15) is 5.82 Å². The minimum atomic E-state index is -0.382. The molecule has 0 atom stereocenters. The smallest absolute Gasteiger partial charge is 0.255 e. The van der Waals surface area contributed by atoms with Gasteiger partial charge in [-0.2, -0.15) is 0 Å². The van der Waals surface area contributed by atoms with Gasteiger partial charge in [0.2, 0.25) is 5.91 Å². The van der Waals surface area contributed by atoms with Crippen LogP contribution in [-0.2, 0) is 4.79 Å². The quantitative estimate of drug-likeness (QED) is 0.941. The van der Waals surface area contributed by atoms with E-state index in [0.717, 1.165) is 18.5 Å².